The summed E-state index contributed by atoms with van der Waals surface area (Å²) in [6.07, 6.45) is 8.93. The minimum absolute atomic E-state index is 0.0715. The second kappa shape index (κ2) is 7.53. The summed E-state index contributed by atoms with van der Waals surface area (Å²) in [5.41, 5.74) is 2.61. The molecule has 1 amide bonds. The molecule has 1 aliphatic heterocycles. The molecule has 3 aromatic rings. The number of nitrogens with zero attached hydrogens (tertiary/aromatic N) is 7. The highest BCUT2D eigenvalue weighted by atomic mass is 16.2. The fourth-order valence-electron chi connectivity index (χ4n) is 3.84. The van der Waals surface area contributed by atoms with Crippen molar-refractivity contribution in [1.29, 1.82) is 0 Å². The van der Waals surface area contributed by atoms with E-state index in [-0.39, 0.29) is 5.91 Å². The summed E-state index contributed by atoms with van der Waals surface area (Å²) < 4.78 is 4.06. The lowest BCUT2D eigenvalue weighted by molar-refractivity contribution is 0.0709. The SMILES string of the molecule is Cc1cc(C)c(C(=O)N2CCC(c3nnc(Cn4ccnc4)n3C)CC2)cn1. The van der Waals surface area contributed by atoms with E-state index in [1.54, 1.807) is 18.7 Å². The van der Waals surface area contributed by atoms with Gasteiger partial charge in [0.2, 0.25) is 0 Å². The first-order valence-corrected chi connectivity index (χ1v) is 9.59. The molecule has 0 bridgehead atoms. The predicted octanol–water partition coefficient (Wildman–Crippen LogP) is 2.09. The fourth-order valence-corrected chi connectivity index (χ4v) is 3.84. The van der Waals surface area contributed by atoms with E-state index >= 15 is 0 Å². The Bertz CT molecular complexity index is 969. The van der Waals surface area contributed by atoms with Gasteiger partial charge >= 0.3 is 0 Å². The van der Waals surface area contributed by atoms with Gasteiger partial charge in [-0.2, -0.15) is 0 Å². The number of carbonyl (C=O) groups excluding carboxylic acids is 1. The maximum atomic E-state index is 12.9. The summed E-state index contributed by atoms with van der Waals surface area (Å²) in [5.74, 6) is 2.29. The van der Waals surface area contributed by atoms with Gasteiger partial charge in [0.25, 0.3) is 5.91 Å². The van der Waals surface area contributed by atoms with Crippen molar-refractivity contribution in [3.05, 3.63) is 59.5 Å². The van der Waals surface area contributed by atoms with Crippen molar-refractivity contribution in [2.45, 2.75) is 39.2 Å². The quantitative estimate of drug-likeness (QED) is 0.693. The second-order valence-corrected chi connectivity index (χ2v) is 7.48. The molecule has 1 aliphatic rings. The smallest absolute Gasteiger partial charge is 0.255 e. The van der Waals surface area contributed by atoms with E-state index in [2.05, 4.69) is 24.7 Å². The van der Waals surface area contributed by atoms with Gasteiger partial charge in [-0.1, -0.05) is 0 Å². The summed E-state index contributed by atoms with van der Waals surface area (Å²) in [4.78, 5) is 23.2. The van der Waals surface area contributed by atoms with Crippen molar-refractivity contribution in [2.75, 3.05) is 13.1 Å². The van der Waals surface area contributed by atoms with E-state index in [4.69, 9.17) is 0 Å². The molecule has 0 N–H and O–H groups in total. The highest BCUT2D eigenvalue weighted by Gasteiger charge is 2.28. The monoisotopic (exact) mass is 379 g/mol. The summed E-state index contributed by atoms with van der Waals surface area (Å²) >= 11 is 0. The van der Waals surface area contributed by atoms with E-state index in [9.17, 15) is 4.79 Å². The summed E-state index contributed by atoms with van der Waals surface area (Å²) in [5, 5.41) is 8.80. The fraction of sp³-hybridized carbons (Fsp3) is 0.450. The molecule has 28 heavy (non-hydrogen) atoms. The number of likely N-dealkylation sites (tertiary alicyclic amines) is 1. The molecular formula is C20H25N7O. The molecule has 4 rings (SSSR count). The Balaban J connectivity index is 1.41. The average molecular weight is 379 g/mol. The van der Waals surface area contributed by atoms with Crippen molar-refractivity contribution in [2.24, 2.45) is 7.05 Å². The lowest BCUT2D eigenvalue weighted by Gasteiger charge is -2.31. The number of hydrogen-bond donors (Lipinski definition) is 0. The third kappa shape index (κ3) is 3.54. The van der Waals surface area contributed by atoms with Crippen LogP contribution in [0.15, 0.2) is 31.0 Å². The third-order valence-electron chi connectivity index (χ3n) is 5.51. The van der Waals surface area contributed by atoms with Gasteiger partial charge in [-0.3, -0.25) is 9.78 Å². The number of aryl methyl sites for hydroxylation is 2. The van der Waals surface area contributed by atoms with Crippen LogP contribution in [0.4, 0.5) is 0 Å². The zero-order chi connectivity index (χ0) is 19.7. The van der Waals surface area contributed by atoms with Crippen LogP contribution in [-0.2, 0) is 13.6 Å². The van der Waals surface area contributed by atoms with Crippen molar-refractivity contribution in [1.82, 2.24) is 34.2 Å². The number of imidazole rings is 1. The summed E-state index contributed by atoms with van der Waals surface area (Å²) in [6.45, 7) is 6.01. The predicted molar refractivity (Wildman–Crippen MR) is 104 cm³/mol. The molecule has 0 spiro atoms. The lowest BCUT2D eigenvalue weighted by Crippen LogP contribution is -2.38. The number of piperidine rings is 1. The molecule has 1 fully saturated rings. The number of rotatable bonds is 4. The second-order valence-electron chi connectivity index (χ2n) is 7.48. The molecular weight excluding hydrogens is 354 g/mol. The Morgan fingerprint density at radius 3 is 2.68 bits per heavy atom. The van der Waals surface area contributed by atoms with Gasteiger partial charge in [0.15, 0.2) is 5.82 Å². The highest BCUT2D eigenvalue weighted by Crippen LogP contribution is 2.28. The molecule has 0 radical (unpaired) electrons. The van der Waals surface area contributed by atoms with Crippen LogP contribution in [0.3, 0.4) is 0 Å². The minimum atomic E-state index is 0.0715. The topological polar surface area (TPSA) is 81.7 Å². The Labute approximate surface area is 164 Å². The number of pyridine rings is 1. The highest BCUT2D eigenvalue weighted by molar-refractivity contribution is 5.95. The van der Waals surface area contributed by atoms with Gasteiger partial charge in [-0.25, -0.2) is 4.98 Å². The van der Waals surface area contributed by atoms with Gasteiger partial charge in [-0.15, -0.1) is 10.2 Å². The molecule has 0 aliphatic carbocycles. The van der Waals surface area contributed by atoms with Crippen LogP contribution < -0.4 is 0 Å². The van der Waals surface area contributed by atoms with Gasteiger partial charge in [0.05, 0.1) is 18.4 Å². The number of hydrogen-bond acceptors (Lipinski definition) is 5. The van der Waals surface area contributed by atoms with Gasteiger partial charge in [-0.05, 0) is 38.3 Å². The van der Waals surface area contributed by atoms with Crippen LogP contribution in [-0.4, -0.2) is 53.2 Å². The largest absolute Gasteiger partial charge is 0.339 e. The zero-order valence-corrected chi connectivity index (χ0v) is 16.5. The Morgan fingerprint density at radius 1 is 1.21 bits per heavy atom. The van der Waals surface area contributed by atoms with E-state index < -0.39 is 0 Å². The minimum Gasteiger partial charge on any atom is -0.339 e. The molecule has 0 atom stereocenters. The van der Waals surface area contributed by atoms with Crippen molar-refractivity contribution in [3.8, 4) is 0 Å². The van der Waals surface area contributed by atoms with Crippen LogP contribution in [0.2, 0.25) is 0 Å². The third-order valence-corrected chi connectivity index (χ3v) is 5.51. The molecule has 1 saturated heterocycles. The van der Waals surface area contributed by atoms with E-state index in [0.717, 1.165) is 48.8 Å². The zero-order valence-electron chi connectivity index (χ0n) is 16.5. The molecule has 8 nitrogen and oxygen atoms in total. The van der Waals surface area contributed by atoms with Crippen LogP contribution in [0.5, 0.6) is 0 Å². The maximum absolute atomic E-state index is 12.9. The normalized spacial score (nSPS) is 15.2. The van der Waals surface area contributed by atoms with Crippen LogP contribution in [0.1, 0.15) is 52.0 Å². The van der Waals surface area contributed by atoms with Crippen molar-refractivity contribution >= 4 is 5.91 Å². The molecule has 4 heterocycles. The van der Waals surface area contributed by atoms with Crippen LogP contribution >= 0.6 is 0 Å². The Kier molecular flexibility index (Phi) is 4.93. The Morgan fingerprint density at radius 2 is 2.00 bits per heavy atom. The van der Waals surface area contributed by atoms with Crippen molar-refractivity contribution in [3.63, 3.8) is 0 Å². The lowest BCUT2D eigenvalue weighted by atomic mass is 9.95. The maximum Gasteiger partial charge on any atom is 0.255 e. The first-order valence-electron chi connectivity index (χ1n) is 9.59. The number of amides is 1. The Hall–Kier alpha value is -3.03. The molecule has 0 saturated carbocycles. The van der Waals surface area contributed by atoms with Gasteiger partial charge < -0.3 is 14.0 Å². The van der Waals surface area contributed by atoms with E-state index in [0.29, 0.717) is 18.0 Å². The first-order chi connectivity index (χ1) is 13.5. The standard InChI is InChI=1S/C20H25N7O/c1-14-10-15(2)22-11-17(14)20(28)27-7-4-16(5-8-27)19-24-23-18(25(19)3)12-26-9-6-21-13-26/h6,9-11,13,16H,4-5,7-8,12H2,1-3H3. The molecule has 3 aromatic heterocycles. The van der Waals surface area contributed by atoms with Gasteiger partial charge in [0, 0.05) is 50.3 Å². The van der Waals surface area contributed by atoms with E-state index in [1.807, 2.05) is 42.6 Å². The van der Waals surface area contributed by atoms with Gasteiger partial charge in [0.1, 0.15) is 5.82 Å². The molecule has 0 aromatic carbocycles. The van der Waals surface area contributed by atoms with Crippen LogP contribution in [0.25, 0.3) is 0 Å². The van der Waals surface area contributed by atoms with Crippen molar-refractivity contribution < 1.29 is 4.79 Å². The number of carbonyl (C=O) groups is 1. The van der Waals surface area contributed by atoms with Crippen LogP contribution in [0, 0.1) is 13.8 Å². The first kappa shape index (κ1) is 18.3. The molecule has 0 unspecified atom stereocenters. The molecule has 146 valence electrons. The van der Waals surface area contributed by atoms with E-state index in [1.165, 1.54) is 0 Å². The summed E-state index contributed by atoms with van der Waals surface area (Å²) in [6, 6.07) is 1.96. The average Bonchev–Trinajstić information content (AvgIpc) is 3.32. The summed E-state index contributed by atoms with van der Waals surface area (Å²) in [7, 11) is 2.01. The number of aromatic nitrogens is 6. The molecule has 8 heteroatoms.